The van der Waals surface area contributed by atoms with Crippen LogP contribution in [0.1, 0.15) is 17.9 Å². The van der Waals surface area contributed by atoms with Gasteiger partial charge in [-0.3, -0.25) is 4.99 Å². The number of fused-ring (bicyclic) bond motifs is 1. The monoisotopic (exact) mass is 462 g/mol. The highest BCUT2D eigenvalue weighted by Gasteiger charge is 2.20. The molecule has 1 aliphatic heterocycles. The first-order valence-electron chi connectivity index (χ1n) is 7.61. The summed E-state index contributed by atoms with van der Waals surface area (Å²) < 4.78 is 1.96. The lowest BCUT2D eigenvalue weighted by Gasteiger charge is -2.25. The predicted octanol–water partition coefficient (Wildman–Crippen LogP) is 1.10. The highest BCUT2D eigenvalue weighted by atomic mass is 127. The second-order valence-corrected chi connectivity index (χ2v) is 6.52. The van der Waals surface area contributed by atoms with Gasteiger partial charge in [0.05, 0.1) is 18.8 Å². The summed E-state index contributed by atoms with van der Waals surface area (Å²) in [5.41, 5.74) is 1.02. The van der Waals surface area contributed by atoms with E-state index in [0.29, 0.717) is 12.6 Å². The van der Waals surface area contributed by atoms with E-state index in [1.54, 1.807) is 24.7 Å². The van der Waals surface area contributed by atoms with Crippen molar-refractivity contribution in [2.24, 2.45) is 4.99 Å². The number of hydrogen-bond donors (Lipinski definition) is 2. The van der Waals surface area contributed by atoms with Crippen LogP contribution in [0, 0.1) is 0 Å². The number of halogens is 1. The summed E-state index contributed by atoms with van der Waals surface area (Å²) in [6, 6.07) is 0.308. The first-order chi connectivity index (χ1) is 11.2. The van der Waals surface area contributed by atoms with Gasteiger partial charge in [-0.2, -0.15) is 5.10 Å². The molecule has 0 spiro atoms. The number of aryl methyl sites for hydroxylation is 1. The van der Waals surface area contributed by atoms with E-state index in [4.69, 9.17) is 0 Å². The molecule has 0 aromatic carbocycles. The maximum atomic E-state index is 4.56. The molecule has 0 fully saturated rings. The molecule has 132 valence electrons. The molecule has 1 atom stereocenters. The van der Waals surface area contributed by atoms with Gasteiger partial charge in [-0.05, 0) is 6.42 Å². The van der Waals surface area contributed by atoms with Crippen LogP contribution >= 0.6 is 35.3 Å². The summed E-state index contributed by atoms with van der Waals surface area (Å²) >= 11 is 1.64. The van der Waals surface area contributed by atoms with Gasteiger partial charge in [0.15, 0.2) is 11.1 Å². The van der Waals surface area contributed by atoms with Gasteiger partial charge < -0.3 is 15.5 Å². The minimum absolute atomic E-state index is 0. The molecule has 0 saturated heterocycles. The number of anilines is 1. The van der Waals surface area contributed by atoms with Crippen molar-refractivity contribution in [3.63, 3.8) is 0 Å². The van der Waals surface area contributed by atoms with Crippen molar-refractivity contribution < 1.29 is 0 Å². The second-order valence-electron chi connectivity index (χ2n) is 5.68. The molecule has 0 aliphatic carbocycles. The van der Waals surface area contributed by atoms with Gasteiger partial charge in [-0.25, -0.2) is 14.6 Å². The van der Waals surface area contributed by atoms with Crippen molar-refractivity contribution in [1.29, 1.82) is 0 Å². The number of nitrogens with zero attached hydrogens (tertiary/aromatic N) is 6. The first-order valence-corrected chi connectivity index (χ1v) is 8.49. The van der Waals surface area contributed by atoms with Crippen LogP contribution in [0.25, 0.3) is 0 Å². The molecule has 3 rings (SSSR count). The zero-order valence-corrected chi connectivity index (χ0v) is 17.2. The smallest absolute Gasteiger partial charge is 0.191 e. The largest absolute Gasteiger partial charge is 0.354 e. The van der Waals surface area contributed by atoms with Gasteiger partial charge in [0.25, 0.3) is 0 Å². The molecule has 2 aromatic heterocycles. The minimum atomic E-state index is 0. The first kappa shape index (κ1) is 18.9. The SMILES string of the molecule is CN=C(NCc1csc(N(C)C)n1)NC1CCc2ncnn2C1.I. The topological polar surface area (TPSA) is 83.3 Å². The quantitative estimate of drug-likeness (QED) is 0.403. The van der Waals surface area contributed by atoms with Crippen LogP contribution in [-0.2, 0) is 19.5 Å². The van der Waals surface area contributed by atoms with Gasteiger partial charge in [0, 0.05) is 39.0 Å². The maximum absolute atomic E-state index is 4.56. The van der Waals surface area contributed by atoms with Gasteiger partial charge in [-0.15, -0.1) is 35.3 Å². The van der Waals surface area contributed by atoms with Gasteiger partial charge in [0.1, 0.15) is 12.2 Å². The minimum Gasteiger partial charge on any atom is -0.354 e. The normalized spacial score (nSPS) is 17.0. The molecule has 2 aromatic rings. The highest BCUT2D eigenvalue weighted by molar-refractivity contribution is 14.0. The van der Waals surface area contributed by atoms with Crippen molar-refractivity contribution in [1.82, 2.24) is 30.4 Å². The Morgan fingerprint density at radius 1 is 1.50 bits per heavy atom. The third-order valence-electron chi connectivity index (χ3n) is 3.73. The molecule has 0 bridgehead atoms. The van der Waals surface area contributed by atoms with E-state index in [1.807, 2.05) is 23.7 Å². The van der Waals surface area contributed by atoms with Gasteiger partial charge >= 0.3 is 0 Å². The Kier molecular flexibility index (Phi) is 6.78. The fourth-order valence-electron chi connectivity index (χ4n) is 2.50. The van der Waals surface area contributed by atoms with Crippen molar-refractivity contribution in [3.05, 3.63) is 23.2 Å². The Balaban J connectivity index is 0.00000208. The Hall–Kier alpha value is -1.43. The van der Waals surface area contributed by atoms with Crippen LogP contribution < -0.4 is 15.5 Å². The lowest BCUT2D eigenvalue weighted by molar-refractivity contribution is 0.392. The van der Waals surface area contributed by atoms with Crippen molar-refractivity contribution in [3.8, 4) is 0 Å². The third kappa shape index (κ3) is 4.56. The van der Waals surface area contributed by atoms with Crippen molar-refractivity contribution in [2.45, 2.75) is 32.0 Å². The van der Waals surface area contributed by atoms with E-state index >= 15 is 0 Å². The summed E-state index contributed by atoms with van der Waals surface area (Å²) in [6.07, 6.45) is 3.59. The molecule has 0 amide bonds. The fourth-order valence-corrected chi connectivity index (χ4v) is 3.26. The molecule has 3 heterocycles. The van der Waals surface area contributed by atoms with E-state index in [-0.39, 0.29) is 24.0 Å². The molecule has 24 heavy (non-hydrogen) atoms. The van der Waals surface area contributed by atoms with Crippen LogP contribution in [0.3, 0.4) is 0 Å². The van der Waals surface area contributed by atoms with E-state index in [1.165, 1.54) is 0 Å². The number of thiazole rings is 1. The Morgan fingerprint density at radius 3 is 3.04 bits per heavy atom. The van der Waals surface area contributed by atoms with E-state index < -0.39 is 0 Å². The highest BCUT2D eigenvalue weighted by Crippen LogP contribution is 2.17. The van der Waals surface area contributed by atoms with E-state index in [0.717, 1.165) is 42.0 Å². The molecule has 8 nitrogen and oxygen atoms in total. The number of rotatable bonds is 4. The van der Waals surface area contributed by atoms with Crippen molar-refractivity contribution >= 4 is 46.4 Å². The average Bonchev–Trinajstić information content (AvgIpc) is 3.19. The average molecular weight is 462 g/mol. The van der Waals surface area contributed by atoms with E-state index in [9.17, 15) is 0 Å². The van der Waals surface area contributed by atoms with Crippen LogP contribution in [0.5, 0.6) is 0 Å². The lowest BCUT2D eigenvalue weighted by atomic mass is 10.1. The van der Waals surface area contributed by atoms with Crippen LogP contribution in [0.15, 0.2) is 16.7 Å². The summed E-state index contributed by atoms with van der Waals surface area (Å²) in [6.45, 7) is 1.48. The number of hydrogen-bond acceptors (Lipinski definition) is 6. The predicted molar refractivity (Wildman–Crippen MR) is 107 cm³/mol. The second kappa shape index (κ2) is 8.60. The number of aromatic nitrogens is 4. The Bertz CT molecular complexity index is 680. The van der Waals surface area contributed by atoms with Crippen molar-refractivity contribution in [2.75, 3.05) is 26.0 Å². The molecule has 2 N–H and O–H groups in total. The summed E-state index contributed by atoms with van der Waals surface area (Å²) in [5.74, 6) is 1.85. The fraction of sp³-hybridized carbons (Fsp3) is 0.571. The van der Waals surface area contributed by atoms with Crippen LogP contribution in [0.2, 0.25) is 0 Å². The third-order valence-corrected chi connectivity index (χ3v) is 4.79. The maximum Gasteiger partial charge on any atom is 0.191 e. The summed E-state index contributed by atoms with van der Waals surface area (Å²) in [4.78, 5) is 15.1. The summed E-state index contributed by atoms with van der Waals surface area (Å²) in [5, 5.41) is 14.1. The number of guanidine groups is 1. The number of aliphatic imine (C=N–C) groups is 1. The Morgan fingerprint density at radius 2 is 2.33 bits per heavy atom. The van der Waals surface area contributed by atoms with Crippen LogP contribution in [0.4, 0.5) is 5.13 Å². The Labute approximate surface area is 162 Å². The molecule has 1 aliphatic rings. The van der Waals surface area contributed by atoms with E-state index in [2.05, 4.69) is 36.1 Å². The lowest BCUT2D eigenvalue weighted by Crippen LogP contribution is -2.46. The molecule has 1 unspecified atom stereocenters. The van der Waals surface area contributed by atoms with Gasteiger partial charge in [-0.1, -0.05) is 0 Å². The summed E-state index contributed by atoms with van der Waals surface area (Å²) in [7, 11) is 5.78. The zero-order valence-electron chi connectivity index (χ0n) is 14.1. The molecule has 0 radical (unpaired) electrons. The van der Waals surface area contributed by atoms with Gasteiger partial charge in [0.2, 0.25) is 0 Å². The molecular weight excluding hydrogens is 439 g/mol. The van der Waals surface area contributed by atoms with Crippen LogP contribution in [-0.4, -0.2) is 52.9 Å². The number of nitrogens with one attached hydrogen (secondary N) is 2. The zero-order chi connectivity index (χ0) is 16.2. The molecule has 10 heteroatoms. The standard InChI is InChI=1S/C14H22N8S.HI/c1-15-13(16-6-11-8-23-14(20-11)21(2)3)19-10-4-5-12-17-9-18-22(12)7-10;/h8-10H,4-7H2,1-3H3,(H2,15,16,19);1H. The molecular formula is C14H23IN8S. The molecule has 0 saturated carbocycles.